The van der Waals surface area contributed by atoms with Crippen LogP contribution in [0, 0.1) is 0 Å². The fraction of sp³-hybridized carbons (Fsp3) is 0.500. The smallest absolute Gasteiger partial charge is 0.175 e. The van der Waals surface area contributed by atoms with Crippen molar-refractivity contribution < 1.29 is 13.2 Å². The highest BCUT2D eigenvalue weighted by molar-refractivity contribution is 7.90. The molecule has 1 heterocycles. The molecule has 1 saturated heterocycles. The van der Waals surface area contributed by atoms with Crippen LogP contribution in [0.5, 0.6) is 0 Å². The predicted molar refractivity (Wildman–Crippen MR) is 71.4 cm³/mol. The summed E-state index contributed by atoms with van der Waals surface area (Å²) in [5, 5.41) is 3.33. The van der Waals surface area contributed by atoms with E-state index in [1.165, 1.54) is 12.3 Å². The molecular formula is C12H18N2O3S. The minimum atomic E-state index is -3.20. The average Bonchev–Trinajstić information content (AvgIpc) is 2.32. The van der Waals surface area contributed by atoms with Crippen molar-refractivity contribution in [2.75, 3.05) is 30.5 Å². The Hall–Kier alpha value is -1.27. The van der Waals surface area contributed by atoms with Crippen molar-refractivity contribution in [3.63, 3.8) is 0 Å². The molecule has 5 nitrogen and oxygen atoms in total. The molecular weight excluding hydrogens is 252 g/mol. The van der Waals surface area contributed by atoms with Gasteiger partial charge in [0, 0.05) is 25.5 Å². The highest BCUT2D eigenvalue weighted by Gasteiger charge is 2.15. The summed E-state index contributed by atoms with van der Waals surface area (Å²) in [4.78, 5) is 0.248. The van der Waals surface area contributed by atoms with Crippen LogP contribution in [0.4, 0.5) is 11.4 Å². The molecule has 1 aromatic carbocycles. The minimum Gasteiger partial charge on any atom is -0.397 e. The third kappa shape index (κ3) is 3.14. The Balaban J connectivity index is 2.14. The van der Waals surface area contributed by atoms with Gasteiger partial charge < -0.3 is 15.8 Å². The summed E-state index contributed by atoms with van der Waals surface area (Å²) in [6.07, 6.45) is 3.05. The van der Waals surface area contributed by atoms with E-state index in [-0.39, 0.29) is 4.90 Å². The van der Waals surface area contributed by atoms with Gasteiger partial charge in [-0.3, -0.25) is 0 Å². The molecule has 0 aliphatic carbocycles. The van der Waals surface area contributed by atoms with E-state index in [0.29, 0.717) is 11.7 Å². The molecule has 1 aliphatic heterocycles. The van der Waals surface area contributed by atoms with Gasteiger partial charge in [-0.1, -0.05) is 0 Å². The summed E-state index contributed by atoms with van der Waals surface area (Å²) in [5.74, 6) is 0. The lowest BCUT2D eigenvalue weighted by atomic mass is 10.1. The zero-order valence-electron chi connectivity index (χ0n) is 10.3. The van der Waals surface area contributed by atoms with Gasteiger partial charge in [0.15, 0.2) is 9.84 Å². The second-order valence-electron chi connectivity index (χ2n) is 4.55. The summed E-state index contributed by atoms with van der Waals surface area (Å²) in [6.45, 7) is 1.50. The quantitative estimate of drug-likeness (QED) is 0.808. The number of nitrogens with two attached hydrogens (primary N) is 1. The summed E-state index contributed by atoms with van der Waals surface area (Å²) in [6, 6.07) is 5.14. The van der Waals surface area contributed by atoms with Crippen LogP contribution in [-0.2, 0) is 14.6 Å². The minimum absolute atomic E-state index is 0.248. The first kappa shape index (κ1) is 13.2. The maximum atomic E-state index is 11.4. The van der Waals surface area contributed by atoms with Gasteiger partial charge in [-0.05, 0) is 31.0 Å². The van der Waals surface area contributed by atoms with Crippen LogP contribution < -0.4 is 11.1 Å². The van der Waals surface area contributed by atoms with Crippen LogP contribution in [-0.4, -0.2) is 33.9 Å². The van der Waals surface area contributed by atoms with E-state index in [1.54, 1.807) is 12.1 Å². The molecule has 100 valence electrons. The van der Waals surface area contributed by atoms with Gasteiger partial charge in [0.25, 0.3) is 0 Å². The lowest BCUT2D eigenvalue weighted by Gasteiger charge is -2.24. The number of anilines is 2. The molecule has 0 amide bonds. The number of nitrogen functional groups attached to an aromatic ring is 1. The first-order valence-corrected chi connectivity index (χ1v) is 7.80. The molecule has 0 unspecified atom stereocenters. The standard InChI is InChI=1S/C12H18N2O3S/c1-18(15,16)10-2-3-12(11(13)8-10)14-9-4-6-17-7-5-9/h2-3,8-9,14H,4-7,13H2,1H3. The van der Waals surface area contributed by atoms with Gasteiger partial charge in [-0.15, -0.1) is 0 Å². The summed E-state index contributed by atoms with van der Waals surface area (Å²) in [5.41, 5.74) is 7.13. The maximum absolute atomic E-state index is 11.4. The third-order valence-corrected chi connectivity index (χ3v) is 4.14. The van der Waals surface area contributed by atoms with Crippen molar-refractivity contribution in [3.8, 4) is 0 Å². The Morgan fingerprint density at radius 1 is 1.33 bits per heavy atom. The van der Waals surface area contributed by atoms with Gasteiger partial charge in [-0.25, -0.2) is 8.42 Å². The number of rotatable bonds is 3. The third-order valence-electron chi connectivity index (χ3n) is 3.03. The van der Waals surface area contributed by atoms with E-state index in [2.05, 4.69) is 5.32 Å². The second kappa shape index (κ2) is 5.16. The van der Waals surface area contributed by atoms with Crippen molar-refractivity contribution in [2.24, 2.45) is 0 Å². The number of benzene rings is 1. The van der Waals surface area contributed by atoms with Crippen LogP contribution in [0.15, 0.2) is 23.1 Å². The molecule has 18 heavy (non-hydrogen) atoms. The normalized spacial score (nSPS) is 17.6. The Labute approximate surface area is 107 Å². The van der Waals surface area contributed by atoms with Crippen LogP contribution in [0.25, 0.3) is 0 Å². The first-order valence-electron chi connectivity index (χ1n) is 5.90. The fourth-order valence-corrected chi connectivity index (χ4v) is 2.62. The molecule has 0 radical (unpaired) electrons. The van der Waals surface area contributed by atoms with Crippen LogP contribution in [0.1, 0.15) is 12.8 Å². The van der Waals surface area contributed by atoms with Crippen molar-refractivity contribution >= 4 is 21.2 Å². The number of ether oxygens (including phenoxy) is 1. The van der Waals surface area contributed by atoms with Gasteiger partial charge in [-0.2, -0.15) is 0 Å². The Morgan fingerprint density at radius 2 is 2.00 bits per heavy atom. The van der Waals surface area contributed by atoms with Crippen LogP contribution in [0.2, 0.25) is 0 Å². The molecule has 0 spiro atoms. The first-order chi connectivity index (χ1) is 8.47. The molecule has 0 saturated carbocycles. The van der Waals surface area contributed by atoms with Gasteiger partial charge in [0.05, 0.1) is 16.3 Å². The van der Waals surface area contributed by atoms with E-state index in [1.807, 2.05) is 0 Å². The van der Waals surface area contributed by atoms with E-state index in [0.717, 1.165) is 31.7 Å². The average molecular weight is 270 g/mol. The van der Waals surface area contributed by atoms with Gasteiger partial charge >= 0.3 is 0 Å². The molecule has 1 aliphatic rings. The lowest BCUT2D eigenvalue weighted by molar-refractivity contribution is 0.0904. The Kier molecular flexibility index (Phi) is 3.77. The highest BCUT2D eigenvalue weighted by Crippen LogP contribution is 2.24. The summed E-state index contributed by atoms with van der Waals surface area (Å²) < 4.78 is 28.1. The topological polar surface area (TPSA) is 81.4 Å². The van der Waals surface area contributed by atoms with E-state index >= 15 is 0 Å². The molecule has 2 rings (SSSR count). The molecule has 1 aromatic rings. The largest absolute Gasteiger partial charge is 0.397 e. The van der Waals surface area contributed by atoms with Gasteiger partial charge in [0.2, 0.25) is 0 Å². The van der Waals surface area contributed by atoms with Crippen molar-refractivity contribution in [2.45, 2.75) is 23.8 Å². The monoisotopic (exact) mass is 270 g/mol. The Morgan fingerprint density at radius 3 is 2.56 bits per heavy atom. The number of sulfone groups is 1. The molecule has 0 atom stereocenters. The molecule has 0 bridgehead atoms. The summed E-state index contributed by atoms with van der Waals surface area (Å²) in [7, 11) is -3.20. The van der Waals surface area contributed by atoms with Crippen molar-refractivity contribution in [3.05, 3.63) is 18.2 Å². The Bertz CT molecular complexity index is 522. The lowest BCUT2D eigenvalue weighted by Crippen LogP contribution is -2.28. The van der Waals surface area contributed by atoms with E-state index < -0.39 is 9.84 Å². The molecule has 6 heteroatoms. The fourth-order valence-electron chi connectivity index (χ4n) is 1.96. The second-order valence-corrected chi connectivity index (χ2v) is 6.57. The highest BCUT2D eigenvalue weighted by atomic mass is 32.2. The predicted octanol–water partition coefficient (Wildman–Crippen LogP) is 1.26. The number of hydrogen-bond donors (Lipinski definition) is 2. The zero-order chi connectivity index (χ0) is 13.2. The van der Waals surface area contributed by atoms with E-state index in [4.69, 9.17) is 10.5 Å². The molecule has 0 aromatic heterocycles. The molecule has 1 fully saturated rings. The van der Waals surface area contributed by atoms with E-state index in [9.17, 15) is 8.42 Å². The summed E-state index contributed by atoms with van der Waals surface area (Å²) >= 11 is 0. The van der Waals surface area contributed by atoms with Crippen LogP contribution >= 0.6 is 0 Å². The molecule has 3 N–H and O–H groups in total. The SMILES string of the molecule is CS(=O)(=O)c1ccc(NC2CCOCC2)c(N)c1. The number of nitrogens with one attached hydrogen (secondary N) is 1. The van der Waals surface area contributed by atoms with Gasteiger partial charge in [0.1, 0.15) is 0 Å². The maximum Gasteiger partial charge on any atom is 0.175 e. The number of hydrogen-bond acceptors (Lipinski definition) is 5. The van der Waals surface area contributed by atoms with Crippen LogP contribution in [0.3, 0.4) is 0 Å². The van der Waals surface area contributed by atoms with Crippen molar-refractivity contribution in [1.82, 2.24) is 0 Å². The van der Waals surface area contributed by atoms with Crippen molar-refractivity contribution in [1.29, 1.82) is 0 Å². The zero-order valence-corrected chi connectivity index (χ0v) is 11.2.